The highest BCUT2D eigenvalue weighted by Crippen LogP contribution is 2.27. The molecule has 0 unspecified atom stereocenters. The van der Waals surface area contributed by atoms with E-state index in [-0.39, 0.29) is 0 Å². The average Bonchev–Trinajstić information content (AvgIpc) is 2.90. The second-order valence-corrected chi connectivity index (χ2v) is 4.67. The van der Waals surface area contributed by atoms with Crippen molar-refractivity contribution in [3.8, 4) is 0 Å². The Morgan fingerprint density at radius 1 is 1.31 bits per heavy atom. The van der Waals surface area contributed by atoms with E-state index in [9.17, 15) is 0 Å². The number of anilines is 1. The van der Waals surface area contributed by atoms with Crippen molar-refractivity contribution in [2.24, 2.45) is 5.92 Å². The van der Waals surface area contributed by atoms with Gasteiger partial charge in [0.25, 0.3) is 0 Å². The first-order chi connectivity index (χ1) is 7.83. The van der Waals surface area contributed by atoms with Gasteiger partial charge < -0.3 is 5.73 Å². The summed E-state index contributed by atoms with van der Waals surface area (Å²) in [6.45, 7) is 0.986. The highest BCUT2D eigenvalue weighted by molar-refractivity contribution is 5.77. The van der Waals surface area contributed by atoms with Crippen LogP contribution in [0.4, 0.5) is 5.69 Å². The van der Waals surface area contributed by atoms with E-state index in [1.807, 2.05) is 22.9 Å². The lowest BCUT2D eigenvalue weighted by Gasteiger charge is -2.08. The minimum absolute atomic E-state index is 0.770. The third kappa shape index (κ3) is 1.64. The van der Waals surface area contributed by atoms with E-state index in [2.05, 4.69) is 10.3 Å². The van der Waals surface area contributed by atoms with Crippen LogP contribution in [0.25, 0.3) is 11.0 Å². The van der Waals surface area contributed by atoms with Gasteiger partial charge in [-0.25, -0.2) is 4.68 Å². The van der Waals surface area contributed by atoms with Crippen molar-refractivity contribution in [3.05, 3.63) is 18.2 Å². The van der Waals surface area contributed by atoms with Gasteiger partial charge in [-0.05, 0) is 37.0 Å². The monoisotopic (exact) mass is 216 g/mol. The molecule has 2 aromatic rings. The lowest BCUT2D eigenvalue weighted by atomic mass is 10.1. The Morgan fingerprint density at radius 2 is 2.12 bits per heavy atom. The molecule has 0 aliphatic heterocycles. The summed E-state index contributed by atoms with van der Waals surface area (Å²) in [7, 11) is 0. The molecule has 3 rings (SSSR count). The van der Waals surface area contributed by atoms with Crippen LogP contribution in [0.2, 0.25) is 0 Å². The van der Waals surface area contributed by atoms with Crippen LogP contribution in [0.5, 0.6) is 0 Å². The van der Waals surface area contributed by atoms with Gasteiger partial charge in [0.05, 0.1) is 5.52 Å². The summed E-state index contributed by atoms with van der Waals surface area (Å²) in [6.07, 6.45) is 5.37. The Labute approximate surface area is 94.4 Å². The molecule has 1 aromatic carbocycles. The molecule has 2 N–H and O–H groups in total. The predicted octanol–water partition coefficient (Wildman–Crippen LogP) is 2.20. The second-order valence-electron chi connectivity index (χ2n) is 4.67. The quantitative estimate of drug-likeness (QED) is 0.783. The largest absolute Gasteiger partial charge is 0.399 e. The molecule has 1 aliphatic rings. The number of aromatic nitrogens is 3. The van der Waals surface area contributed by atoms with E-state index < -0.39 is 0 Å². The van der Waals surface area contributed by atoms with Crippen molar-refractivity contribution in [1.82, 2.24) is 15.0 Å². The summed E-state index contributed by atoms with van der Waals surface area (Å²) in [5.41, 5.74) is 8.57. The molecule has 0 saturated heterocycles. The summed E-state index contributed by atoms with van der Waals surface area (Å²) in [5.74, 6) is 0.770. The first kappa shape index (κ1) is 9.63. The summed E-state index contributed by atoms with van der Waals surface area (Å²) in [5, 5.41) is 8.37. The smallest absolute Gasteiger partial charge is 0.113 e. The van der Waals surface area contributed by atoms with Crippen LogP contribution in [0.1, 0.15) is 25.7 Å². The van der Waals surface area contributed by atoms with Gasteiger partial charge in [0.2, 0.25) is 0 Å². The maximum Gasteiger partial charge on any atom is 0.113 e. The summed E-state index contributed by atoms with van der Waals surface area (Å²) in [6, 6.07) is 5.77. The van der Waals surface area contributed by atoms with Gasteiger partial charge in [-0.1, -0.05) is 18.1 Å². The third-order valence-electron chi connectivity index (χ3n) is 3.44. The average molecular weight is 216 g/mol. The SMILES string of the molecule is Nc1ccc2nnn(CC3CCCC3)c2c1. The molecule has 16 heavy (non-hydrogen) atoms. The lowest BCUT2D eigenvalue weighted by Crippen LogP contribution is -2.08. The number of hydrogen-bond donors (Lipinski definition) is 1. The number of nitrogens with zero attached hydrogens (tertiary/aromatic N) is 3. The number of nitrogens with two attached hydrogens (primary N) is 1. The van der Waals surface area contributed by atoms with Crippen molar-refractivity contribution >= 4 is 16.7 Å². The molecule has 1 heterocycles. The van der Waals surface area contributed by atoms with E-state index in [0.717, 1.165) is 29.2 Å². The minimum atomic E-state index is 0.770. The van der Waals surface area contributed by atoms with Gasteiger partial charge >= 0.3 is 0 Å². The fourth-order valence-electron chi connectivity index (χ4n) is 2.55. The van der Waals surface area contributed by atoms with Crippen LogP contribution in [-0.2, 0) is 6.54 Å². The summed E-state index contributed by atoms with van der Waals surface area (Å²) in [4.78, 5) is 0. The number of hydrogen-bond acceptors (Lipinski definition) is 3. The van der Waals surface area contributed by atoms with Crippen LogP contribution < -0.4 is 5.73 Å². The fraction of sp³-hybridized carbons (Fsp3) is 0.500. The zero-order valence-electron chi connectivity index (χ0n) is 9.26. The maximum absolute atomic E-state index is 5.79. The van der Waals surface area contributed by atoms with Crippen molar-refractivity contribution in [2.45, 2.75) is 32.2 Å². The minimum Gasteiger partial charge on any atom is -0.399 e. The molecule has 84 valence electrons. The van der Waals surface area contributed by atoms with Crippen LogP contribution in [0.3, 0.4) is 0 Å². The molecule has 1 aliphatic carbocycles. The number of fused-ring (bicyclic) bond motifs is 1. The van der Waals surface area contributed by atoms with E-state index in [1.165, 1.54) is 25.7 Å². The molecule has 1 fully saturated rings. The Hall–Kier alpha value is -1.58. The van der Waals surface area contributed by atoms with Crippen molar-refractivity contribution in [3.63, 3.8) is 0 Å². The fourth-order valence-corrected chi connectivity index (χ4v) is 2.55. The van der Waals surface area contributed by atoms with E-state index >= 15 is 0 Å². The van der Waals surface area contributed by atoms with Crippen LogP contribution in [0.15, 0.2) is 18.2 Å². The van der Waals surface area contributed by atoms with Gasteiger partial charge in [-0.15, -0.1) is 5.10 Å². The Morgan fingerprint density at radius 3 is 2.94 bits per heavy atom. The molecule has 1 saturated carbocycles. The normalized spacial score (nSPS) is 17.2. The highest BCUT2D eigenvalue weighted by atomic mass is 15.4. The standard InChI is InChI=1S/C12H16N4/c13-10-5-6-11-12(7-10)16(15-14-11)8-9-3-1-2-4-9/h5-7,9H,1-4,8,13H2. The number of nitrogen functional groups attached to an aromatic ring is 1. The van der Waals surface area contributed by atoms with Crippen molar-refractivity contribution in [2.75, 3.05) is 5.73 Å². The van der Waals surface area contributed by atoms with Crippen LogP contribution in [0, 0.1) is 5.92 Å². The lowest BCUT2D eigenvalue weighted by molar-refractivity contribution is 0.430. The molecule has 0 radical (unpaired) electrons. The van der Waals surface area contributed by atoms with Gasteiger partial charge in [0.1, 0.15) is 5.52 Å². The van der Waals surface area contributed by atoms with Gasteiger partial charge in [-0.2, -0.15) is 0 Å². The van der Waals surface area contributed by atoms with Crippen LogP contribution in [-0.4, -0.2) is 15.0 Å². The molecule has 0 bridgehead atoms. The highest BCUT2D eigenvalue weighted by Gasteiger charge is 2.17. The molecule has 0 amide bonds. The van der Waals surface area contributed by atoms with Gasteiger partial charge in [0.15, 0.2) is 0 Å². The zero-order valence-corrected chi connectivity index (χ0v) is 9.26. The Balaban J connectivity index is 1.93. The molecule has 0 atom stereocenters. The Bertz CT molecular complexity index is 497. The maximum atomic E-state index is 5.79. The van der Waals surface area contributed by atoms with Crippen molar-refractivity contribution < 1.29 is 0 Å². The molecule has 4 heteroatoms. The first-order valence-electron chi connectivity index (χ1n) is 5.91. The van der Waals surface area contributed by atoms with Crippen molar-refractivity contribution in [1.29, 1.82) is 0 Å². The molecular weight excluding hydrogens is 200 g/mol. The van der Waals surface area contributed by atoms with Gasteiger partial charge in [0, 0.05) is 12.2 Å². The van der Waals surface area contributed by atoms with E-state index in [0.29, 0.717) is 0 Å². The van der Waals surface area contributed by atoms with Gasteiger partial charge in [-0.3, -0.25) is 0 Å². The summed E-state index contributed by atoms with van der Waals surface area (Å²) >= 11 is 0. The zero-order chi connectivity index (χ0) is 11.0. The molecule has 4 nitrogen and oxygen atoms in total. The summed E-state index contributed by atoms with van der Waals surface area (Å²) < 4.78 is 2.00. The number of rotatable bonds is 2. The molecule has 1 aromatic heterocycles. The third-order valence-corrected chi connectivity index (χ3v) is 3.44. The second kappa shape index (κ2) is 3.77. The topological polar surface area (TPSA) is 56.7 Å². The van der Waals surface area contributed by atoms with E-state index in [4.69, 9.17) is 5.73 Å². The predicted molar refractivity (Wildman–Crippen MR) is 63.9 cm³/mol. The number of benzene rings is 1. The van der Waals surface area contributed by atoms with Crippen LogP contribution >= 0.6 is 0 Å². The molecular formula is C12H16N4. The Kier molecular flexibility index (Phi) is 2.27. The first-order valence-corrected chi connectivity index (χ1v) is 5.91. The molecule has 0 spiro atoms. The van der Waals surface area contributed by atoms with E-state index in [1.54, 1.807) is 0 Å².